The average Bonchev–Trinajstić information content (AvgIpc) is 2.66. The van der Waals surface area contributed by atoms with Gasteiger partial charge in [-0.3, -0.25) is 0 Å². The van der Waals surface area contributed by atoms with Gasteiger partial charge in [0, 0.05) is 45.7 Å². The van der Waals surface area contributed by atoms with Gasteiger partial charge in [0.05, 0.1) is 0 Å². The molecule has 0 aromatic carbocycles. The summed E-state index contributed by atoms with van der Waals surface area (Å²) in [4.78, 5) is 0. The number of ether oxygens (including phenoxy) is 2. The first-order chi connectivity index (χ1) is 12.9. The molecule has 0 saturated heterocycles. The lowest BCUT2D eigenvalue weighted by Crippen LogP contribution is -2.53. The minimum Gasteiger partial charge on any atom is -0.374 e. The zero-order valence-corrected chi connectivity index (χ0v) is 20.5. The van der Waals surface area contributed by atoms with Crippen LogP contribution in [-0.4, -0.2) is 69.8 Å². The summed E-state index contributed by atoms with van der Waals surface area (Å²) in [6.45, 7) is 10.7. The van der Waals surface area contributed by atoms with Crippen molar-refractivity contribution in [1.82, 2.24) is 0 Å². The lowest BCUT2D eigenvalue weighted by Gasteiger charge is -2.34. The second-order valence-corrected chi connectivity index (χ2v) is 12.8. The van der Waals surface area contributed by atoms with E-state index in [-0.39, 0.29) is 11.6 Å². The first-order valence-electron chi connectivity index (χ1n) is 10.4. The van der Waals surface area contributed by atoms with E-state index in [4.69, 9.17) is 34.2 Å². The largest absolute Gasteiger partial charge is 0.500 e. The highest BCUT2D eigenvalue weighted by Gasteiger charge is 2.41. The van der Waals surface area contributed by atoms with Crippen molar-refractivity contribution in [3.63, 3.8) is 0 Å². The summed E-state index contributed by atoms with van der Waals surface area (Å²) in [5.74, 6) is 0.147. The normalized spacial score (nSPS) is 15.9. The molecule has 0 aliphatic heterocycles. The van der Waals surface area contributed by atoms with E-state index in [0.717, 1.165) is 31.4 Å². The maximum Gasteiger partial charge on any atom is 0.500 e. The van der Waals surface area contributed by atoms with Crippen molar-refractivity contribution in [1.29, 1.82) is 0 Å². The molecule has 0 rings (SSSR count). The summed E-state index contributed by atoms with van der Waals surface area (Å²) in [6, 6.07) is 1.85. The summed E-state index contributed by atoms with van der Waals surface area (Å²) in [7, 11) is -0.729. The van der Waals surface area contributed by atoms with Crippen LogP contribution in [0.4, 0.5) is 0 Å². The van der Waals surface area contributed by atoms with Crippen molar-refractivity contribution in [3.05, 3.63) is 0 Å². The van der Waals surface area contributed by atoms with Crippen molar-refractivity contribution in [2.45, 2.75) is 70.6 Å². The standard InChI is InChI=1S/C18H44N2O5Si2/c1-7-23-27(24-8-2,25-9-3)15-12-16(4)17(20)26(14-11-10-13-19)18(21-5)22-6/h16-18,26H,7-15,19-20H2,1-6H3. The molecule has 7 nitrogen and oxygen atoms in total. The van der Waals surface area contributed by atoms with Crippen LogP contribution in [0.1, 0.15) is 47.0 Å². The number of methoxy groups -OCH3 is 2. The molecule has 0 saturated carbocycles. The third-order valence-electron chi connectivity index (χ3n) is 4.96. The lowest BCUT2D eigenvalue weighted by molar-refractivity contribution is -0.0488. The van der Waals surface area contributed by atoms with E-state index in [2.05, 4.69) is 6.92 Å². The molecule has 0 aliphatic rings. The van der Waals surface area contributed by atoms with Gasteiger partial charge in [-0.1, -0.05) is 19.4 Å². The van der Waals surface area contributed by atoms with Gasteiger partial charge in [-0.2, -0.15) is 0 Å². The predicted octanol–water partition coefficient (Wildman–Crippen LogP) is 2.05. The fourth-order valence-electron chi connectivity index (χ4n) is 3.50. The highest BCUT2D eigenvalue weighted by atomic mass is 28.4. The first-order valence-corrected chi connectivity index (χ1v) is 14.5. The number of unbranched alkanes of at least 4 members (excludes halogenated alkanes) is 1. The quantitative estimate of drug-likeness (QED) is 0.197. The highest BCUT2D eigenvalue weighted by Crippen LogP contribution is 2.25. The molecule has 27 heavy (non-hydrogen) atoms. The monoisotopic (exact) mass is 424 g/mol. The van der Waals surface area contributed by atoms with Crippen LogP contribution in [0.25, 0.3) is 0 Å². The van der Waals surface area contributed by atoms with E-state index < -0.39 is 17.6 Å². The van der Waals surface area contributed by atoms with Gasteiger partial charge < -0.3 is 34.2 Å². The number of hydrogen-bond acceptors (Lipinski definition) is 7. The molecule has 0 amide bonds. The van der Waals surface area contributed by atoms with E-state index in [1.54, 1.807) is 14.2 Å². The molecular formula is C18H44N2O5Si2. The van der Waals surface area contributed by atoms with E-state index in [1.807, 2.05) is 20.8 Å². The Morgan fingerprint density at radius 3 is 1.85 bits per heavy atom. The molecule has 0 radical (unpaired) electrons. The van der Waals surface area contributed by atoms with E-state index in [1.165, 1.54) is 0 Å². The van der Waals surface area contributed by atoms with E-state index >= 15 is 0 Å². The fourth-order valence-corrected chi connectivity index (χ4v) is 9.83. The molecule has 0 aromatic rings. The maximum atomic E-state index is 6.71. The van der Waals surface area contributed by atoms with Crippen LogP contribution >= 0.6 is 0 Å². The van der Waals surface area contributed by atoms with Gasteiger partial charge in [0.25, 0.3) is 0 Å². The van der Waals surface area contributed by atoms with Gasteiger partial charge in [0.15, 0.2) is 0 Å². The summed E-state index contributed by atoms with van der Waals surface area (Å²) in [5.41, 5.74) is 12.5. The highest BCUT2D eigenvalue weighted by molar-refractivity contribution is 6.62. The third kappa shape index (κ3) is 9.95. The molecule has 0 aliphatic carbocycles. The SMILES string of the molecule is CCO[Si](CCC(C)C(N)[SiH](CCCCN)C(OC)OC)(OCC)OCC. The fraction of sp³-hybridized carbons (Fsp3) is 1.00. The lowest BCUT2D eigenvalue weighted by atomic mass is 10.1. The molecule has 0 heterocycles. The van der Waals surface area contributed by atoms with Gasteiger partial charge >= 0.3 is 8.80 Å². The average molecular weight is 425 g/mol. The number of nitrogens with two attached hydrogens (primary N) is 2. The predicted molar refractivity (Wildman–Crippen MR) is 115 cm³/mol. The Balaban J connectivity index is 5.02. The summed E-state index contributed by atoms with van der Waals surface area (Å²) < 4.78 is 29.1. The van der Waals surface area contributed by atoms with Crippen LogP contribution in [0.5, 0.6) is 0 Å². The van der Waals surface area contributed by atoms with E-state index in [0.29, 0.717) is 32.3 Å². The van der Waals surface area contributed by atoms with E-state index in [9.17, 15) is 0 Å². The molecule has 0 bridgehead atoms. The molecule has 0 aromatic heterocycles. The molecule has 4 N–H and O–H groups in total. The van der Waals surface area contributed by atoms with Crippen molar-refractivity contribution < 1.29 is 22.8 Å². The second kappa shape index (κ2) is 16.0. The molecule has 0 spiro atoms. The topological polar surface area (TPSA) is 98.2 Å². The minimum absolute atomic E-state index is 0.0873. The number of hydrogen-bond donors (Lipinski definition) is 2. The van der Waals surface area contributed by atoms with Gasteiger partial charge in [0.1, 0.15) is 14.7 Å². The van der Waals surface area contributed by atoms with Crippen molar-refractivity contribution in [3.8, 4) is 0 Å². The molecule has 164 valence electrons. The Bertz CT molecular complexity index is 335. The van der Waals surface area contributed by atoms with Gasteiger partial charge in [-0.25, -0.2) is 0 Å². The smallest absolute Gasteiger partial charge is 0.374 e. The Kier molecular flexibility index (Phi) is 16.1. The summed E-state index contributed by atoms with van der Waals surface area (Å²) in [6.07, 6.45) is 3.00. The van der Waals surface area contributed by atoms with Crippen LogP contribution in [0.15, 0.2) is 0 Å². The molecule has 0 fully saturated rings. The Hall–Kier alpha value is 0.154. The Morgan fingerprint density at radius 1 is 0.926 bits per heavy atom. The zero-order chi connectivity index (χ0) is 20.7. The van der Waals surface area contributed by atoms with Crippen molar-refractivity contribution >= 4 is 17.6 Å². The van der Waals surface area contributed by atoms with Crippen LogP contribution < -0.4 is 11.5 Å². The Labute approximate surface area is 169 Å². The number of rotatable bonds is 18. The van der Waals surface area contributed by atoms with Crippen LogP contribution in [0.2, 0.25) is 12.1 Å². The molecule has 9 heteroatoms. The third-order valence-corrected chi connectivity index (χ3v) is 12.0. The maximum absolute atomic E-state index is 6.71. The minimum atomic E-state index is -2.63. The van der Waals surface area contributed by atoms with Gasteiger partial charge in [0.2, 0.25) is 0 Å². The van der Waals surface area contributed by atoms with Crippen molar-refractivity contribution in [2.24, 2.45) is 17.4 Å². The van der Waals surface area contributed by atoms with Crippen LogP contribution in [0, 0.1) is 5.92 Å². The molecule has 3 atom stereocenters. The van der Waals surface area contributed by atoms with Crippen molar-refractivity contribution in [2.75, 3.05) is 40.6 Å². The van der Waals surface area contributed by atoms with Gasteiger partial charge in [-0.05, 0) is 46.1 Å². The van der Waals surface area contributed by atoms with Crippen LogP contribution in [0.3, 0.4) is 0 Å². The summed E-state index contributed by atoms with van der Waals surface area (Å²) >= 11 is 0. The Morgan fingerprint density at radius 2 is 1.44 bits per heavy atom. The first kappa shape index (κ1) is 27.2. The van der Waals surface area contributed by atoms with Crippen LogP contribution in [-0.2, 0) is 22.8 Å². The van der Waals surface area contributed by atoms with Gasteiger partial charge in [-0.15, -0.1) is 0 Å². The molecular weight excluding hydrogens is 380 g/mol. The molecule has 3 unspecified atom stereocenters. The zero-order valence-electron chi connectivity index (χ0n) is 18.4. The summed E-state index contributed by atoms with van der Waals surface area (Å²) in [5, 5.41) is 0. The second-order valence-electron chi connectivity index (χ2n) is 6.86.